The molecule has 3 aliphatic rings. The smallest absolute Gasteiger partial charge is 0.0139 e. The summed E-state index contributed by atoms with van der Waals surface area (Å²) in [4.78, 5) is 0. The molecular weight excluding hydrogens is 420 g/mol. The summed E-state index contributed by atoms with van der Waals surface area (Å²) in [7, 11) is 0. The van der Waals surface area contributed by atoms with Crippen LogP contribution >= 0.6 is 0 Å². The van der Waals surface area contributed by atoms with Crippen LogP contribution in [0.2, 0.25) is 0 Å². The average molecular weight is 467 g/mol. The largest absolute Gasteiger partial charge is 0.0733 e. The quantitative estimate of drug-likeness (QED) is 0.392. The van der Waals surface area contributed by atoms with Crippen molar-refractivity contribution in [3.8, 4) is 11.1 Å². The van der Waals surface area contributed by atoms with Crippen LogP contribution in [0.4, 0.5) is 0 Å². The Morgan fingerprint density at radius 2 is 1.17 bits per heavy atom. The summed E-state index contributed by atoms with van der Waals surface area (Å²) in [5, 5.41) is 0. The second kappa shape index (κ2) is 7.47. The Hall–Kier alpha value is -2.08. The van der Waals surface area contributed by atoms with Gasteiger partial charge in [0.1, 0.15) is 0 Å². The second-order valence-corrected chi connectivity index (χ2v) is 15.3. The molecule has 2 atom stereocenters. The molecule has 0 amide bonds. The fourth-order valence-electron chi connectivity index (χ4n) is 6.90. The van der Waals surface area contributed by atoms with Crippen LogP contribution < -0.4 is 0 Å². The van der Waals surface area contributed by atoms with Crippen molar-refractivity contribution in [3.63, 3.8) is 0 Å². The lowest BCUT2D eigenvalue weighted by atomic mass is 9.76. The van der Waals surface area contributed by atoms with E-state index in [4.69, 9.17) is 0 Å². The number of benzene rings is 2. The van der Waals surface area contributed by atoms with Gasteiger partial charge in [-0.15, -0.1) is 0 Å². The van der Waals surface area contributed by atoms with Crippen LogP contribution in [0.25, 0.3) is 11.1 Å². The van der Waals surface area contributed by atoms with E-state index < -0.39 is 0 Å². The van der Waals surface area contributed by atoms with Crippen molar-refractivity contribution in [1.82, 2.24) is 0 Å². The maximum absolute atomic E-state index is 2.64. The van der Waals surface area contributed by atoms with E-state index in [0.29, 0.717) is 17.8 Å². The lowest BCUT2D eigenvalue weighted by molar-refractivity contribution is 0.364. The van der Waals surface area contributed by atoms with Crippen molar-refractivity contribution in [2.45, 2.75) is 99.3 Å². The van der Waals surface area contributed by atoms with Gasteiger partial charge in [-0.05, 0) is 73.0 Å². The molecule has 2 aromatic rings. The molecule has 0 aromatic heterocycles. The van der Waals surface area contributed by atoms with E-state index in [0.717, 1.165) is 0 Å². The molecule has 0 spiro atoms. The van der Waals surface area contributed by atoms with E-state index in [1.165, 1.54) is 34.2 Å². The lowest BCUT2D eigenvalue weighted by Gasteiger charge is -2.28. The van der Waals surface area contributed by atoms with Crippen molar-refractivity contribution < 1.29 is 0 Å². The fraction of sp³-hybridized carbons (Fsp3) is 0.543. The summed E-state index contributed by atoms with van der Waals surface area (Å²) in [6, 6.07) is 14.8. The predicted molar refractivity (Wildman–Crippen MR) is 152 cm³/mol. The van der Waals surface area contributed by atoms with Gasteiger partial charge in [0.15, 0.2) is 0 Å². The minimum Gasteiger partial charge on any atom is -0.0733 e. The zero-order valence-electron chi connectivity index (χ0n) is 24.1. The molecule has 0 heterocycles. The van der Waals surface area contributed by atoms with Crippen molar-refractivity contribution in [2.24, 2.45) is 22.7 Å². The molecule has 0 heteroatoms. The normalized spacial score (nSPS) is 23.6. The van der Waals surface area contributed by atoms with E-state index in [1.807, 2.05) is 0 Å². The number of allylic oxidation sites excluding steroid dienone is 4. The van der Waals surface area contributed by atoms with Gasteiger partial charge < -0.3 is 0 Å². The Morgan fingerprint density at radius 3 is 1.60 bits per heavy atom. The first-order chi connectivity index (χ1) is 16.0. The zero-order chi connectivity index (χ0) is 25.7. The first kappa shape index (κ1) is 24.6. The van der Waals surface area contributed by atoms with Crippen LogP contribution in [0.15, 0.2) is 59.7 Å². The van der Waals surface area contributed by atoms with Crippen molar-refractivity contribution in [3.05, 3.63) is 82.0 Å². The molecule has 2 unspecified atom stereocenters. The van der Waals surface area contributed by atoms with Gasteiger partial charge in [0.05, 0.1) is 0 Å². The summed E-state index contributed by atoms with van der Waals surface area (Å²) in [6.07, 6.45) is 6.45. The molecule has 186 valence electrons. The minimum atomic E-state index is 0.149. The van der Waals surface area contributed by atoms with Crippen LogP contribution in [0.5, 0.6) is 0 Å². The van der Waals surface area contributed by atoms with Crippen molar-refractivity contribution in [2.75, 3.05) is 0 Å². The predicted octanol–water partition coefficient (Wildman–Crippen LogP) is 9.97. The molecule has 0 saturated heterocycles. The number of rotatable bonds is 1. The molecule has 5 rings (SSSR count). The molecule has 35 heavy (non-hydrogen) atoms. The fourth-order valence-corrected chi connectivity index (χ4v) is 6.90. The summed E-state index contributed by atoms with van der Waals surface area (Å²) in [5.41, 5.74) is 12.9. The van der Waals surface area contributed by atoms with Gasteiger partial charge in [0.25, 0.3) is 0 Å². The molecule has 3 aliphatic carbocycles. The highest BCUT2D eigenvalue weighted by molar-refractivity contribution is 5.80. The van der Waals surface area contributed by atoms with E-state index in [2.05, 4.69) is 125 Å². The molecule has 0 N–H and O–H groups in total. The summed E-state index contributed by atoms with van der Waals surface area (Å²) >= 11 is 0. The van der Waals surface area contributed by atoms with Gasteiger partial charge in [-0.25, -0.2) is 0 Å². The maximum atomic E-state index is 2.64. The average Bonchev–Trinajstić information content (AvgIpc) is 3.36. The molecule has 2 aromatic carbocycles. The topological polar surface area (TPSA) is 0 Å². The van der Waals surface area contributed by atoms with E-state index in [-0.39, 0.29) is 21.7 Å². The Labute approximate surface area is 214 Å². The Bertz CT molecular complexity index is 1180. The third kappa shape index (κ3) is 3.96. The van der Waals surface area contributed by atoms with Crippen LogP contribution in [-0.4, -0.2) is 0 Å². The SMILES string of the molecule is CC(C)(C)C1=CC2C(=C1)C(C)(C)CC2C1c2ccc(C(C)(C)C)cc2-c2cc(C(C)(C)C)ccc21. The lowest BCUT2D eigenvalue weighted by Crippen LogP contribution is -2.18. The first-order valence-corrected chi connectivity index (χ1v) is 13.7. The number of hydrogen-bond donors (Lipinski definition) is 0. The molecule has 0 aliphatic heterocycles. The van der Waals surface area contributed by atoms with Crippen molar-refractivity contribution >= 4 is 0 Å². The highest BCUT2D eigenvalue weighted by Gasteiger charge is 2.50. The Morgan fingerprint density at radius 1 is 0.686 bits per heavy atom. The van der Waals surface area contributed by atoms with E-state index in [9.17, 15) is 0 Å². The number of hydrogen-bond acceptors (Lipinski definition) is 0. The monoisotopic (exact) mass is 466 g/mol. The third-order valence-corrected chi connectivity index (χ3v) is 9.11. The van der Waals surface area contributed by atoms with E-state index in [1.54, 1.807) is 16.7 Å². The molecule has 1 fully saturated rings. The Kier molecular flexibility index (Phi) is 5.25. The van der Waals surface area contributed by atoms with Gasteiger partial charge in [0.2, 0.25) is 0 Å². The van der Waals surface area contributed by atoms with Gasteiger partial charge in [0, 0.05) is 11.8 Å². The van der Waals surface area contributed by atoms with Crippen LogP contribution in [0.3, 0.4) is 0 Å². The van der Waals surface area contributed by atoms with Crippen LogP contribution in [0.1, 0.15) is 111 Å². The van der Waals surface area contributed by atoms with Crippen LogP contribution in [-0.2, 0) is 10.8 Å². The molecule has 0 bridgehead atoms. The summed E-state index contributed by atoms with van der Waals surface area (Å²) in [6.45, 7) is 26.1. The van der Waals surface area contributed by atoms with Gasteiger partial charge in [-0.2, -0.15) is 0 Å². The minimum absolute atomic E-state index is 0.149. The van der Waals surface area contributed by atoms with Gasteiger partial charge in [-0.1, -0.05) is 130 Å². The first-order valence-electron chi connectivity index (χ1n) is 13.7. The molecular formula is C35H46. The standard InChI is InChI=1S/C35H46/c1-32(2,3)21-12-14-24-26(16-21)27-17-22(33(4,5)6)13-15-25(27)31(24)29-20-35(10,11)30-19-23(18-28(29)30)34(7,8)9/h12-19,28-29,31H,20H2,1-11H3. The van der Waals surface area contributed by atoms with E-state index >= 15 is 0 Å². The van der Waals surface area contributed by atoms with Crippen LogP contribution in [0, 0.1) is 22.7 Å². The summed E-state index contributed by atoms with van der Waals surface area (Å²) < 4.78 is 0. The molecule has 0 nitrogen and oxygen atoms in total. The highest BCUT2D eigenvalue weighted by Crippen LogP contribution is 2.62. The number of fused-ring (bicyclic) bond motifs is 4. The highest BCUT2D eigenvalue weighted by atomic mass is 14.5. The maximum Gasteiger partial charge on any atom is 0.0139 e. The van der Waals surface area contributed by atoms with Gasteiger partial charge in [-0.3, -0.25) is 0 Å². The molecule has 0 radical (unpaired) electrons. The molecule has 1 saturated carbocycles. The zero-order valence-corrected chi connectivity index (χ0v) is 24.1. The van der Waals surface area contributed by atoms with Crippen molar-refractivity contribution in [1.29, 1.82) is 0 Å². The second-order valence-electron chi connectivity index (χ2n) is 15.3. The third-order valence-electron chi connectivity index (χ3n) is 9.11. The Balaban J connectivity index is 1.69. The van der Waals surface area contributed by atoms with Gasteiger partial charge >= 0.3 is 0 Å². The summed E-state index contributed by atoms with van der Waals surface area (Å²) in [5.74, 6) is 1.62.